The lowest BCUT2D eigenvalue weighted by molar-refractivity contribution is -0.146. The number of benzene rings is 1. The van der Waals surface area contributed by atoms with Crippen molar-refractivity contribution >= 4 is 11.9 Å². The van der Waals surface area contributed by atoms with Gasteiger partial charge in [-0.1, -0.05) is 12.1 Å². The molecule has 0 aromatic heterocycles. The van der Waals surface area contributed by atoms with E-state index in [9.17, 15) is 14.7 Å². The number of carbonyl (C=O) groups excluding carboxylic acids is 1. The van der Waals surface area contributed by atoms with Gasteiger partial charge in [0.1, 0.15) is 0 Å². The van der Waals surface area contributed by atoms with Gasteiger partial charge >= 0.3 is 11.9 Å². The maximum atomic E-state index is 11.5. The lowest BCUT2D eigenvalue weighted by Crippen LogP contribution is -2.13. The normalized spacial score (nSPS) is 12.2. The van der Waals surface area contributed by atoms with Crippen molar-refractivity contribution in [1.29, 1.82) is 0 Å². The van der Waals surface area contributed by atoms with Crippen molar-refractivity contribution in [3.8, 4) is 0 Å². The Labute approximate surface area is 98.6 Å². The monoisotopic (exact) mass is 238 g/mol. The molecule has 0 saturated heterocycles. The topological polar surface area (TPSA) is 83.8 Å². The van der Waals surface area contributed by atoms with E-state index in [0.717, 1.165) is 0 Å². The van der Waals surface area contributed by atoms with Crippen LogP contribution in [0.3, 0.4) is 0 Å². The Morgan fingerprint density at radius 2 is 1.71 bits per heavy atom. The highest BCUT2D eigenvalue weighted by Gasteiger charge is 2.16. The van der Waals surface area contributed by atoms with E-state index < -0.39 is 18.0 Å². The van der Waals surface area contributed by atoms with E-state index in [1.54, 1.807) is 13.8 Å². The summed E-state index contributed by atoms with van der Waals surface area (Å²) in [5.41, 5.74) is 0.540. The van der Waals surface area contributed by atoms with Crippen LogP contribution in [0.5, 0.6) is 0 Å². The zero-order chi connectivity index (χ0) is 13.0. The van der Waals surface area contributed by atoms with Crippen LogP contribution in [0.2, 0.25) is 0 Å². The molecule has 0 radical (unpaired) electrons. The van der Waals surface area contributed by atoms with Crippen LogP contribution in [0, 0.1) is 0 Å². The Balaban J connectivity index is 2.81. The van der Waals surface area contributed by atoms with Gasteiger partial charge in [0.05, 0.1) is 11.7 Å². The van der Waals surface area contributed by atoms with Crippen molar-refractivity contribution < 1.29 is 24.5 Å². The zero-order valence-corrected chi connectivity index (χ0v) is 9.58. The molecule has 2 N–H and O–H groups in total. The van der Waals surface area contributed by atoms with Crippen molar-refractivity contribution in [3.05, 3.63) is 35.4 Å². The summed E-state index contributed by atoms with van der Waals surface area (Å²) in [4.78, 5) is 22.0. The number of aliphatic hydroxyl groups is 1. The van der Waals surface area contributed by atoms with Crippen LogP contribution in [0.1, 0.15) is 35.9 Å². The van der Waals surface area contributed by atoms with Crippen molar-refractivity contribution in [3.63, 3.8) is 0 Å². The van der Waals surface area contributed by atoms with E-state index in [1.807, 2.05) is 0 Å². The molecule has 0 saturated carbocycles. The molecule has 5 heteroatoms. The summed E-state index contributed by atoms with van der Waals surface area (Å²) >= 11 is 0. The SMILES string of the molecule is CC(C)OC(=O)c1ccc(C(O)C(=O)O)cc1. The minimum absolute atomic E-state index is 0.216. The fourth-order valence-electron chi connectivity index (χ4n) is 1.23. The molecule has 0 fully saturated rings. The van der Waals surface area contributed by atoms with Gasteiger partial charge in [0.25, 0.3) is 0 Å². The summed E-state index contributed by atoms with van der Waals surface area (Å²) in [6.07, 6.45) is -1.79. The second kappa shape index (κ2) is 5.45. The molecular weight excluding hydrogens is 224 g/mol. The van der Waals surface area contributed by atoms with Gasteiger partial charge in [-0.25, -0.2) is 9.59 Å². The van der Waals surface area contributed by atoms with E-state index >= 15 is 0 Å². The first-order valence-electron chi connectivity index (χ1n) is 5.13. The molecule has 0 aliphatic heterocycles. The lowest BCUT2D eigenvalue weighted by atomic mass is 10.1. The summed E-state index contributed by atoms with van der Waals surface area (Å²) in [6, 6.07) is 5.61. The number of hydrogen-bond donors (Lipinski definition) is 2. The quantitative estimate of drug-likeness (QED) is 0.774. The summed E-state index contributed by atoms with van der Waals surface area (Å²) in [6.45, 7) is 3.47. The molecule has 1 unspecified atom stereocenters. The minimum Gasteiger partial charge on any atom is -0.479 e. The largest absolute Gasteiger partial charge is 0.479 e. The predicted octanol–water partition coefficient (Wildman–Crippen LogP) is 1.37. The van der Waals surface area contributed by atoms with Crippen LogP contribution in [-0.4, -0.2) is 28.3 Å². The van der Waals surface area contributed by atoms with Crippen molar-refractivity contribution in [1.82, 2.24) is 0 Å². The van der Waals surface area contributed by atoms with Crippen molar-refractivity contribution in [2.45, 2.75) is 26.1 Å². The van der Waals surface area contributed by atoms with Gasteiger partial charge in [0.15, 0.2) is 6.10 Å². The van der Waals surface area contributed by atoms with Gasteiger partial charge in [0.2, 0.25) is 0 Å². The van der Waals surface area contributed by atoms with Crippen LogP contribution in [0.4, 0.5) is 0 Å². The van der Waals surface area contributed by atoms with Crippen LogP contribution in [0.15, 0.2) is 24.3 Å². The Morgan fingerprint density at radius 1 is 1.18 bits per heavy atom. The molecule has 17 heavy (non-hydrogen) atoms. The van der Waals surface area contributed by atoms with Crippen molar-refractivity contribution in [2.24, 2.45) is 0 Å². The highest BCUT2D eigenvalue weighted by atomic mass is 16.5. The lowest BCUT2D eigenvalue weighted by Gasteiger charge is -2.09. The molecule has 0 spiro atoms. The first-order chi connectivity index (χ1) is 7.91. The minimum atomic E-state index is -1.58. The highest BCUT2D eigenvalue weighted by molar-refractivity contribution is 5.89. The molecule has 1 atom stereocenters. The number of carbonyl (C=O) groups is 2. The van der Waals surface area contributed by atoms with Crippen LogP contribution < -0.4 is 0 Å². The number of rotatable bonds is 4. The van der Waals surface area contributed by atoms with E-state index in [4.69, 9.17) is 9.84 Å². The van der Waals surface area contributed by atoms with E-state index in [0.29, 0.717) is 5.56 Å². The number of carboxylic acid groups (broad SMARTS) is 1. The number of esters is 1. The third-order valence-corrected chi connectivity index (χ3v) is 2.04. The number of ether oxygens (including phenoxy) is 1. The number of aliphatic hydroxyl groups excluding tert-OH is 1. The summed E-state index contributed by atoms with van der Waals surface area (Å²) in [5.74, 6) is -1.81. The molecule has 1 rings (SSSR count). The fraction of sp³-hybridized carbons (Fsp3) is 0.333. The predicted molar refractivity (Wildman–Crippen MR) is 59.6 cm³/mol. The molecule has 5 nitrogen and oxygen atoms in total. The maximum absolute atomic E-state index is 11.5. The molecule has 1 aromatic rings. The molecule has 92 valence electrons. The second-order valence-corrected chi connectivity index (χ2v) is 3.82. The average Bonchev–Trinajstić information content (AvgIpc) is 2.27. The molecule has 0 aliphatic rings. The molecule has 1 aromatic carbocycles. The van der Waals surface area contributed by atoms with Gasteiger partial charge in [0, 0.05) is 0 Å². The fourth-order valence-corrected chi connectivity index (χ4v) is 1.23. The summed E-state index contributed by atoms with van der Waals surface area (Å²) in [5, 5.41) is 17.8. The standard InChI is InChI=1S/C12H14O5/c1-7(2)17-12(16)9-5-3-8(4-6-9)10(13)11(14)15/h3-7,10,13H,1-2H3,(H,14,15). The van der Waals surface area contributed by atoms with Gasteiger partial charge < -0.3 is 14.9 Å². The van der Waals surface area contributed by atoms with Gasteiger partial charge in [-0.15, -0.1) is 0 Å². The summed E-state index contributed by atoms with van der Waals surface area (Å²) in [7, 11) is 0. The van der Waals surface area contributed by atoms with Gasteiger partial charge in [-0.2, -0.15) is 0 Å². The third kappa shape index (κ3) is 3.57. The van der Waals surface area contributed by atoms with Gasteiger partial charge in [-0.05, 0) is 31.5 Å². The van der Waals surface area contributed by atoms with Gasteiger partial charge in [-0.3, -0.25) is 0 Å². The Morgan fingerprint density at radius 3 is 2.12 bits per heavy atom. The molecule has 0 aliphatic carbocycles. The zero-order valence-electron chi connectivity index (χ0n) is 9.58. The third-order valence-electron chi connectivity index (χ3n) is 2.04. The van der Waals surface area contributed by atoms with Crippen LogP contribution in [0.25, 0.3) is 0 Å². The number of carboxylic acids is 1. The first-order valence-corrected chi connectivity index (χ1v) is 5.13. The van der Waals surface area contributed by atoms with E-state index in [2.05, 4.69) is 0 Å². The molecular formula is C12H14O5. The molecule has 0 bridgehead atoms. The first kappa shape index (κ1) is 13.2. The summed E-state index contributed by atoms with van der Waals surface area (Å²) < 4.78 is 4.97. The highest BCUT2D eigenvalue weighted by Crippen LogP contribution is 2.14. The van der Waals surface area contributed by atoms with Crippen molar-refractivity contribution in [2.75, 3.05) is 0 Å². The van der Waals surface area contributed by atoms with Crippen LogP contribution >= 0.6 is 0 Å². The maximum Gasteiger partial charge on any atom is 0.338 e. The molecule has 0 heterocycles. The average molecular weight is 238 g/mol. The smallest absolute Gasteiger partial charge is 0.338 e. The second-order valence-electron chi connectivity index (χ2n) is 3.82. The Hall–Kier alpha value is -1.88. The van der Waals surface area contributed by atoms with E-state index in [-0.39, 0.29) is 11.7 Å². The van der Waals surface area contributed by atoms with Crippen LogP contribution in [-0.2, 0) is 9.53 Å². The number of hydrogen-bond acceptors (Lipinski definition) is 4. The molecule has 0 amide bonds. The number of aliphatic carboxylic acids is 1. The van der Waals surface area contributed by atoms with E-state index in [1.165, 1.54) is 24.3 Å². The Kier molecular flexibility index (Phi) is 4.23. The Bertz CT molecular complexity index is 407.